The van der Waals surface area contributed by atoms with Crippen molar-refractivity contribution in [3.63, 3.8) is 0 Å². The minimum Gasteiger partial charge on any atom is -0.486 e. The van der Waals surface area contributed by atoms with Crippen molar-refractivity contribution in [2.75, 3.05) is 5.73 Å². The zero-order valence-corrected chi connectivity index (χ0v) is 10.2. The number of benzene rings is 2. The van der Waals surface area contributed by atoms with Crippen LogP contribution in [0, 0.1) is 5.82 Å². The number of ether oxygens (including phenoxy) is 1. The number of hydrogen-bond acceptors (Lipinski definition) is 2. The topological polar surface area (TPSA) is 35.2 Å². The summed E-state index contributed by atoms with van der Waals surface area (Å²) in [6.45, 7) is -0.0288. The fraction of sp³-hybridized carbons (Fsp3) is 0.143. The van der Waals surface area contributed by atoms with Gasteiger partial charge in [-0.3, -0.25) is 0 Å². The van der Waals surface area contributed by atoms with Gasteiger partial charge in [0.25, 0.3) is 0 Å². The molecule has 0 amide bonds. The number of hydrogen-bond donors (Lipinski definition) is 1. The Kier molecular flexibility index (Phi) is 3.83. The van der Waals surface area contributed by atoms with E-state index in [1.165, 1.54) is 24.3 Å². The zero-order valence-electron chi connectivity index (χ0n) is 10.2. The highest BCUT2D eigenvalue weighted by molar-refractivity contribution is 5.42. The number of nitrogens with two attached hydrogens (primary N) is 1. The molecular formula is C14H11F4NO. The Morgan fingerprint density at radius 3 is 2.20 bits per heavy atom. The van der Waals surface area contributed by atoms with Gasteiger partial charge in [0, 0.05) is 11.8 Å². The van der Waals surface area contributed by atoms with Gasteiger partial charge in [0.05, 0.1) is 5.56 Å². The second-order valence-electron chi connectivity index (χ2n) is 4.17. The van der Waals surface area contributed by atoms with Crippen molar-refractivity contribution in [3.8, 4) is 5.75 Å². The van der Waals surface area contributed by atoms with E-state index in [9.17, 15) is 17.6 Å². The summed E-state index contributed by atoms with van der Waals surface area (Å²) in [6.07, 6.45) is -4.37. The van der Waals surface area contributed by atoms with Gasteiger partial charge in [-0.2, -0.15) is 13.2 Å². The molecule has 0 aromatic heterocycles. The van der Waals surface area contributed by atoms with E-state index in [1.807, 2.05) is 0 Å². The van der Waals surface area contributed by atoms with Crippen LogP contribution in [-0.4, -0.2) is 0 Å². The van der Waals surface area contributed by atoms with Crippen molar-refractivity contribution in [1.82, 2.24) is 0 Å². The zero-order chi connectivity index (χ0) is 14.8. The first kappa shape index (κ1) is 14.2. The summed E-state index contributed by atoms with van der Waals surface area (Å²) in [4.78, 5) is 0. The fourth-order valence-corrected chi connectivity index (χ4v) is 1.59. The highest BCUT2D eigenvalue weighted by Crippen LogP contribution is 2.29. The molecule has 6 heteroatoms. The Morgan fingerprint density at radius 2 is 1.65 bits per heavy atom. The number of halogens is 4. The third kappa shape index (κ3) is 3.40. The lowest BCUT2D eigenvalue weighted by Crippen LogP contribution is -2.05. The van der Waals surface area contributed by atoms with Crippen LogP contribution in [0.3, 0.4) is 0 Å². The molecule has 0 aliphatic carbocycles. The third-order valence-electron chi connectivity index (χ3n) is 2.63. The van der Waals surface area contributed by atoms with Crippen LogP contribution in [0.15, 0.2) is 42.5 Å². The lowest BCUT2D eigenvalue weighted by atomic mass is 10.1. The smallest absolute Gasteiger partial charge is 0.416 e. The number of rotatable bonds is 3. The molecule has 2 aromatic rings. The van der Waals surface area contributed by atoms with Crippen LogP contribution in [-0.2, 0) is 12.8 Å². The van der Waals surface area contributed by atoms with Crippen molar-refractivity contribution >= 4 is 5.69 Å². The molecule has 0 aliphatic heterocycles. The molecule has 2 N–H and O–H groups in total. The van der Waals surface area contributed by atoms with Crippen LogP contribution in [0.2, 0.25) is 0 Å². The molecule has 20 heavy (non-hydrogen) atoms. The van der Waals surface area contributed by atoms with Crippen molar-refractivity contribution < 1.29 is 22.3 Å². The summed E-state index contributed by atoms with van der Waals surface area (Å²) in [5.41, 5.74) is 5.43. The first-order valence-electron chi connectivity index (χ1n) is 5.70. The number of alkyl halides is 3. The SMILES string of the molecule is Nc1ccc(OCc2ccc(C(F)(F)F)cc2)c(F)c1. The van der Waals surface area contributed by atoms with E-state index in [4.69, 9.17) is 10.5 Å². The van der Waals surface area contributed by atoms with Gasteiger partial charge >= 0.3 is 6.18 Å². The maximum atomic E-state index is 13.4. The molecular weight excluding hydrogens is 274 g/mol. The maximum absolute atomic E-state index is 13.4. The summed E-state index contributed by atoms with van der Waals surface area (Å²) in [5.74, 6) is -0.615. The summed E-state index contributed by atoms with van der Waals surface area (Å²) < 4.78 is 55.7. The lowest BCUT2D eigenvalue weighted by Gasteiger charge is -2.09. The normalized spacial score (nSPS) is 11.4. The van der Waals surface area contributed by atoms with Gasteiger partial charge in [0.1, 0.15) is 6.61 Å². The molecule has 2 nitrogen and oxygen atoms in total. The van der Waals surface area contributed by atoms with Crippen LogP contribution >= 0.6 is 0 Å². The van der Waals surface area contributed by atoms with E-state index in [0.29, 0.717) is 5.56 Å². The molecule has 0 fully saturated rings. The minimum atomic E-state index is -4.37. The summed E-state index contributed by atoms with van der Waals surface area (Å²) in [6, 6.07) is 8.45. The van der Waals surface area contributed by atoms with Gasteiger partial charge in [-0.05, 0) is 29.8 Å². The Hall–Kier alpha value is -2.24. The van der Waals surface area contributed by atoms with Crippen LogP contribution < -0.4 is 10.5 Å². The standard InChI is InChI=1S/C14H11F4NO/c15-12-7-11(19)5-6-13(12)20-8-9-1-3-10(4-2-9)14(16,17)18/h1-7H,8,19H2. The Labute approximate surface area is 112 Å². The average Bonchev–Trinajstić information content (AvgIpc) is 2.37. The summed E-state index contributed by atoms with van der Waals surface area (Å²) in [7, 11) is 0. The first-order valence-corrected chi connectivity index (χ1v) is 5.70. The Morgan fingerprint density at radius 1 is 1.00 bits per heavy atom. The van der Waals surface area contributed by atoms with E-state index >= 15 is 0 Å². The van der Waals surface area contributed by atoms with Crippen LogP contribution in [0.25, 0.3) is 0 Å². The van der Waals surface area contributed by atoms with Gasteiger partial charge in [0.15, 0.2) is 11.6 Å². The molecule has 0 bridgehead atoms. The van der Waals surface area contributed by atoms with Gasteiger partial charge in [-0.25, -0.2) is 4.39 Å². The van der Waals surface area contributed by atoms with E-state index in [1.54, 1.807) is 0 Å². The van der Waals surface area contributed by atoms with Crippen molar-refractivity contribution in [2.24, 2.45) is 0 Å². The van der Waals surface area contributed by atoms with E-state index < -0.39 is 17.6 Å². The molecule has 0 unspecified atom stereocenters. The van der Waals surface area contributed by atoms with E-state index in [2.05, 4.69) is 0 Å². The highest BCUT2D eigenvalue weighted by Gasteiger charge is 2.29. The second kappa shape index (κ2) is 5.40. The lowest BCUT2D eigenvalue weighted by molar-refractivity contribution is -0.137. The highest BCUT2D eigenvalue weighted by atomic mass is 19.4. The van der Waals surface area contributed by atoms with E-state index in [0.717, 1.165) is 18.2 Å². The maximum Gasteiger partial charge on any atom is 0.416 e. The third-order valence-corrected chi connectivity index (χ3v) is 2.63. The molecule has 0 atom stereocenters. The van der Waals surface area contributed by atoms with Crippen molar-refractivity contribution in [1.29, 1.82) is 0 Å². The predicted octanol–water partition coefficient (Wildman–Crippen LogP) is 4.01. The molecule has 2 aromatic carbocycles. The predicted molar refractivity (Wildman–Crippen MR) is 66.6 cm³/mol. The van der Waals surface area contributed by atoms with Crippen LogP contribution in [0.5, 0.6) is 5.75 Å². The average molecular weight is 285 g/mol. The number of anilines is 1. The van der Waals surface area contributed by atoms with Gasteiger partial charge in [-0.15, -0.1) is 0 Å². The molecule has 2 rings (SSSR count). The Balaban J connectivity index is 2.04. The van der Waals surface area contributed by atoms with Crippen LogP contribution in [0.1, 0.15) is 11.1 Å². The molecule has 106 valence electrons. The summed E-state index contributed by atoms with van der Waals surface area (Å²) >= 11 is 0. The fourth-order valence-electron chi connectivity index (χ4n) is 1.59. The Bertz CT molecular complexity index is 593. The van der Waals surface area contributed by atoms with Crippen molar-refractivity contribution in [3.05, 3.63) is 59.4 Å². The molecule has 0 saturated heterocycles. The minimum absolute atomic E-state index is 0.000835. The monoisotopic (exact) mass is 285 g/mol. The number of nitrogen functional groups attached to an aromatic ring is 1. The molecule has 0 radical (unpaired) electrons. The largest absolute Gasteiger partial charge is 0.486 e. The molecule has 0 heterocycles. The first-order chi connectivity index (χ1) is 9.36. The second-order valence-corrected chi connectivity index (χ2v) is 4.17. The quantitative estimate of drug-likeness (QED) is 0.683. The molecule has 0 spiro atoms. The van der Waals surface area contributed by atoms with Gasteiger partial charge < -0.3 is 10.5 Å². The van der Waals surface area contributed by atoms with Gasteiger partial charge in [0.2, 0.25) is 0 Å². The summed E-state index contributed by atoms with van der Waals surface area (Å²) in [5, 5.41) is 0. The molecule has 0 saturated carbocycles. The molecule has 0 aliphatic rings. The van der Waals surface area contributed by atoms with Crippen molar-refractivity contribution in [2.45, 2.75) is 12.8 Å². The van der Waals surface area contributed by atoms with E-state index in [-0.39, 0.29) is 18.0 Å². The van der Waals surface area contributed by atoms with Gasteiger partial charge in [-0.1, -0.05) is 12.1 Å². The van der Waals surface area contributed by atoms with Crippen LogP contribution in [0.4, 0.5) is 23.2 Å².